The van der Waals surface area contributed by atoms with Crippen LogP contribution in [0.5, 0.6) is 0 Å². The maximum atomic E-state index is 12.9. The molecule has 1 saturated heterocycles. The number of aliphatic hydroxyl groups is 1. The standard InChI is InChI=1S/C16H26N5O6P/c1-9(2)26-28(23,27-10(3)4)8-25-11-5-24-16(13(11)22)21-7-20-12-14(17)18-6-19-15(12)21/h6-7,9-11,13,16,22H,5,8H2,1-4H3,(H2,17,18,19)/t11-,13+,16+/m0/s1. The minimum absolute atomic E-state index is 0.0927. The van der Waals surface area contributed by atoms with Gasteiger partial charge in [0.15, 0.2) is 17.7 Å². The highest BCUT2D eigenvalue weighted by atomic mass is 31.2. The summed E-state index contributed by atoms with van der Waals surface area (Å²) in [5.41, 5.74) is 6.65. The Hall–Kier alpha value is -1.62. The first kappa shape index (κ1) is 21.1. The average Bonchev–Trinajstić information content (AvgIpc) is 3.16. The van der Waals surface area contributed by atoms with E-state index >= 15 is 0 Å². The number of hydrogen-bond donors (Lipinski definition) is 2. The highest BCUT2D eigenvalue weighted by Gasteiger charge is 2.41. The van der Waals surface area contributed by atoms with Gasteiger partial charge < -0.3 is 29.4 Å². The van der Waals surface area contributed by atoms with Crippen LogP contribution in [0, 0.1) is 0 Å². The monoisotopic (exact) mass is 415 g/mol. The zero-order chi connectivity index (χ0) is 20.5. The van der Waals surface area contributed by atoms with E-state index in [2.05, 4.69) is 15.0 Å². The quantitative estimate of drug-likeness (QED) is 0.611. The van der Waals surface area contributed by atoms with E-state index in [1.807, 2.05) is 0 Å². The van der Waals surface area contributed by atoms with Crippen LogP contribution in [0.1, 0.15) is 33.9 Å². The number of imidazole rings is 1. The normalized spacial score (nSPS) is 23.3. The van der Waals surface area contributed by atoms with E-state index in [-0.39, 0.29) is 31.0 Å². The Labute approximate surface area is 162 Å². The Bertz CT molecular complexity index is 845. The molecule has 0 spiro atoms. The number of hydrogen-bond acceptors (Lipinski definition) is 10. The van der Waals surface area contributed by atoms with Gasteiger partial charge in [-0.05, 0) is 27.7 Å². The summed E-state index contributed by atoms with van der Waals surface area (Å²) in [4.78, 5) is 12.2. The van der Waals surface area contributed by atoms with Gasteiger partial charge in [0.1, 0.15) is 30.4 Å². The molecule has 0 unspecified atom stereocenters. The first-order chi connectivity index (χ1) is 13.2. The molecule has 156 valence electrons. The number of ether oxygens (including phenoxy) is 2. The second-order valence-electron chi connectivity index (χ2n) is 7.05. The molecule has 11 nitrogen and oxygen atoms in total. The minimum atomic E-state index is -3.48. The van der Waals surface area contributed by atoms with Crippen LogP contribution in [0.4, 0.5) is 5.82 Å². The summed E-state index contributed by atoms with van der Waals surface area (Å²) < 4.78 is 36.7. The topological polar surface area (TPSA) is 144 Å². The molecule has 0 amide bonds. The summed E-state index contributed by atoms with van der Waals surface area (Å²) in [5.74, 6) is 0.238. The molecule has 28 heavy (non-hydrogen) atoms. The SMILES string of the molecule is CC(C)OP(=O)(CO[C@H]1CO[C@@H](n2cnc3c(N)ncnc32)[C@@H]1O)OC(C)C. The van der Waals surface area contributed by atoms with Crippen LogP contribution in [0.25, 0.3) is 11.2 Å². The Morgan fingerprint density at radius 2 is 1.96 bits per heavy atom. The zero-order valence-corrected chi connectivity index (χ0v) is 17.2. The number of aliphatic hydroxyl groups excluding tert-OH is 1. The van der Waals surface area contributed by atoms with Gasteiger partial charge in [0.2, 0.25) is 0 Å². The van der Waals surface area contributed by atoms with Gasteiger partial charge in [0, 0.05) is 0 Å². The van der Waals surface area contributed by atoms with Gasteiger partial charge in [0.25, 0.3) is 0 Å². The number of rotatable bonds is 8. The summed E-state index contributed by atoms with van der Waals surface area (Å²) in [5, 5.41) is 10.7. The second-order valence-corrected chi connectivity index (χ2v) is 8.95. The van der Waals surface area contributed by atoms with Gasteiger partial charge in [-0.1, -0.05) is 0 Å². The number of aromatic nitrogens is 4. The van der Waals surface area contributed by atoms with Crippen molar-refractivity contribution in [3.63, 3.8) is 0 Å². The number of nitrogens with zero attached hydrogens (tertiary/aromatic N) is 4. The third-order valence-corrected chi connectivity index (χ3v) is 5.91. The van der Waals surface area contributed by atoms with Crippen LogP contribution < -0.4 is 5.73 Å². The van der Waals surface area contributed by atoms with E-state index in [9.17, 15) is 9.67 Å². The van der Waals surface area contributed by atoms with Gasteiger partial charge >= 0.3 is 7.60 Å². The van der Waals surface area contributed by atoms with Crippen LogP contribution in [-0.2, 0) is 23.1 Å². The smallest absolute Gasteiger partial charge is 0.356 e. The van der Waals surface area contributed by atoms with Gasteiger partial charge in [0.05, 0.1) is 25.1 Å². The lowest BCUT2D eigenvalue weighted by molar-refractivity contribution is -0.0302. The minimum Gasteiger partial charge on any atom is -0.386 e. The number of anilines is 1. The first-order valence-electron chi connectivity index (χ1n) is 9.00. The fraction of sp³-hybridized carbons (Fsp3) is 0.688. The lowest BCUT2D eigenvalue weighted by Crippen LogP contribution is -2.31. The maximum Gasteiger partial charge on any atom is 0.356 e. The third-order valence-electron chi connectivity index (χ3n) is 3.96. The Morgan fingerprint density at radius 1 is 1.29 bits per heavy atom. The van der Waals surface area contributed by atoms with Crippen molar-refractivity contribution in [1.82, 2.24) is 19.5 Å². The molecule has 1 aliphatic heterocycles. The molecule has 2 aromatic rings. The molecule has 12 heteroatoms. The Balaban J connectivity index is 1.70. The molecule has 3 heterocycles. The molecule has 1 fully saturated rings. The van der Waals surface area contributed by atoms with Crippen molar-refractivity contribution in [1.29, 1.82) is 0 Å². The van der Waals surface area contributed by atoms with Crippen LogP contribution >= 0.6 is 7.60 Å². The Kier molecular flexibility index (Phi) is 6.33. The van der Waals surface area contributed by atoms with E-state index < -0.39 is 26.0 Å². The van der Waals surface area contributed by atoms with Gasteiger partial charge in [-0.2, -0.15) is 0 Å². The first-order valence-corrected chi connectivity index (χ1v) is 10.7. The van der Waals surface area contributed by atoms with Gasteiger partial charge in [-0.25, -0.2) is 15.0 Å². The van der Waals surface area contributed by atoms with Crippen molar-refractivity contribution >= 4 is 24.6 Å². The van der Waals surface area contributed by atoms with E-state index in [0.717, 1.165) is 0 Å². The van der Waals surface area contributed by atoms with Crippen LogP contribution in [0.2, 0.25) is 0 Å². The lowest BCUT2D eigenvalue weighted by Gasteiger charge is -2.25. The van der Waals surface area contributed by atoms with E-state index in [1.54, 1.807) is 32.3 Å². The molecular weight excluding hydrogens is 389 g/mol. The van der Waals surface area contributed by atoms with Crippen LogP contribution in [-0.4, -0.2) is 62.0 Å². The molecule has 0 bridgehead atoms. The highest BCUT2D eigenvalue weighted by Crippen LogP contribution is 2.51. The van der Waals surface area contributed by atoms with Crippen molar-refractivity contribution in [2.75, 3.05) is 18.7 Å². The summed E-state index contributed by atoms with van der Waals surface area (Å²) in [6.45, 7) is 7.14. The van der Waals surface area contributed by atoms with Crippen molar-refractivity contribution in [3.05, 3.63) is 12.7 Å². The number of nitrogens with two attached hydrogens (primary N) is 1. The molecule has 0 radical (unpaired) electrons. The predicted octanol–water partition coefficient (Wildman–Crippen LogP) is 1.68. The molecule has 0 aliphatic carbocycles. The molecule has 3 rings (SSSR count). The molecular formula is C16H26N5O6P. The molecule has 0 aromatic carbocycles. The zero-order valence-electron chi connectivity index (χ0n) is 16.3. The lowest BCUT2D eigenvalue weighted by atomic mass is 10.2. The molecule has 2 aromatic heterocycles. The number of fused-ring (bicyclic) bond motifs is 1. The summed E-state index contributed by atoms with van der Waals surface area (Å²) >= 11 is 0. The van der Waals surface area contributed by atoms with E-state index in [4.69, 9.17) is 24.3 Å². The molecule has 3 atom stereocenters. The van der Waals surface area contributed by atoms with Crippen molar-refractivity contribution in [3.8, 4) is 0 Å². The van der Waals surface area contributed by atoms with Gasteiger partial charge in [-0.15, -0.1) is 0 Å². The summed E-state index contributed by atoms with van der Waals surface area (Å²) in [7, 11) is -3.48. The van der Waals surface area contributed by atoms with E-state index in [1.165, 1.54) is 12.7 Å². The average molecular weight is 415 g/mol. The van der Waals surface area contributed by atoms with E-state index in [0.29, 0.717) is 11.2 Å². The van der Waals surface area contributed by atoms with Crippen molar-refractivity contribution in [2.45, 2.75) is 58.3 Å². The van der Waals surface area contributed by atoms with Crippen LogP contribution in [0.3, 0.4) is 0 Å². The highest BCUT2D eigenvalue weighted by molar-refractivity contribution is 7.53. The summed E-state index contributed by atoms with van der Waals surface area (Å²) in [6.07, 6.45) is -0.640. The molecule has 1 aliphatic rings. The van der Waals surface area contributed by atoms with Crippen molar-refractivity contribution < 1.29 is 28.2 Å². The third kappa shape index (κ3) is 4.51. The van der Waals surface area contributed by atoms with Crippen molar-refractivity contribution in [2.24, 2.45) is 0 Å². The largest absolute Gasteiger partial charge is 0.386 e. The summed E-state index contributed by atoms with van der Waals surface area (Å²) in [6, 6.07) is 0. The van der Waals surface area contributed by atoms with Gasteiger partial charge in [-0.3, -0.25) is 9.13 Å². The fourth-order valence-corrected chi connectivity index (χ4v) is 4.77. The fourth-order valence-electron chi connectivity index (χ4n) is 2.94. The molecule has 0 saturated carbocycles. The van der Waals surface area contributed by atoms with Crippen LogP contribution in [0.15, 0.2) is 12.7 Å². The second kappa shape index (κ2) is 8.40. The Morgan fingerprint density at radius 3 is 2.61 bits per heavy atom. The maximum absolute atomic E-state index is 12.9. The molecule has 3 N–H and O–H groups in total. The number of nitrogen functional groups attached to an aromatic ring is 1. The predicted molar refractivity (Wildman–Crippen MR) is 101 cm³/mol.